The fourth-order valence-corrected chi connectivity index (χ4v) is 3.06. The van der Waals surface area contributed by atoms with Gasteiger partial charge < -0.3 is 5.32 Å². The van der Waals surface area contributed by atoms with Crippen LogP contribution < -0.4 is 5.32 Å². The molecular weight excluding hydrogens is 208 g/mol. The van der Waals surface area contributed by atoms with E-state index >= 15 is 0 Å². The Morgan fingerprint density at radius 2 is 1.94 bits per heavy atom. The van der Waals surface area contributed by atoms with E-state index in [1.807, 2.05) is 0 Å². The maximum atomic E-state index is 3.73. The zero-order valence-electron chi connectivity index (χ0n) is 12.5. The molecule has 0 aromatic rings. The standard InChI is InChI=1S/C15H32N2/c1-6-9-13(7-2)17-11-15(12(4)5)16-10-14(17)8-3/h12-16H,6-11H2,1-5H3. The van der Waals surface area contributed by atoms with Crippen LogP contribution in [0.2, 0.25) is 0 Å². The quantitative estimate of drug-likeness (QED) is 0.766. The van der Waals surface area contributed by atoms with Crippen LogP contribution in [-0.2, 0) is 0 Å². The van der Waals surface area contributed by atoms with Gasteiger partial charge in [0.25, 0.3) is 0 Å². The SMILES string of the molecule is CCCC(CC)N1CC(C(C)C)NCC1CC. The van der Waals surface area contributed by atoms with Crippen LogP contribution in [0.3, 0.4) is 0 Å². The van der Waals surface area contributed by atoms with Gasteiger partial charge in [0.2, 0.25) is 0 Å². The van der Waals surface area contributed by atoms with E-state index in [-0.39, 0.29) is 0 Å². The second-order valence-corrected chi connectivity index (χ2v) is 5.87. The zero-order chi connectivity index (χ0) is 12.8. The summed E-state index contributed by atoms with van der Waals surface area (Å²) in [4.78, 5) is 2.80. The lowest BCUT2D eigenvalue weighted by molar-refractivity contribution is 0.0605. The summed E-state index contributed by atoms with van der Waals surface area (Å²) in [6.07, 6.45) is 5.25. The second-order valence-electron chi connectivity index (χ2n) is 5.87. The van der Waals surface area contributed by atoms with Gasteiger partial charge in [0.05, 0.1) is 0 Å². The van der Waals surface area contributed by atoms with Crippen LogP contribution in [0.5, 0.6) is 0 Å². The molecule has 1 aliphatic rings. The average Bonchev–Trinajstić information content (AvgIpc) is 2.35. The minimum absolute atomic E-state index is 0.684. The number of piperazine rings is 1. The molecule has 0 bridgehead atoms. The molecule has 102 valence electrons. The zero-order valence-corrected chi connectivity index (χ0v) is 12.5. The number of nitrogens with zero attached hydrogens (tertiary/aromatic N) is 1. The van der Waals surface area contributed by atoms with Gasteiger partial charge in [0.15, 0.2) is 0 Å². The van der Waals surface area contributed by atoms with Crippen molar-refractivity contribution in [3.8, 4) is 0 Å². The van der Waals surface area contributed by atoms with Crippen molar-refractivity contribution < 1.29 is 0 Å². The molecule has 0 spiro atoms. The molecule has 2 nitrogen and oxygen atoms in total. The van der Waals surface area contributed by atoms with Crippen molar-refractivity contribution in [2.24, 2.45) is 5.92 Å². The minimum Gasteiger partial charge on any atom is -0.311 e. The average molecular weight is 240 g/mol. The van der Waals surface area contributed by atoms with Gasteiger partial charge in [-0.1, -0.05) is 41.0 Å². The van der Waals surface area contributed by atoms with Crippen molar-refractivity contribution >= 4 is 0 Å². The van der Waals surface area contributed by atoms with Crippen LogP contribution in [0, 0.1) is 5.92 Å². The molecule has 0 aliphatic carbocycles. The fraction of sp³-hybridized carbons (Fsp3) is 1.00. The Morgan fingerprint density at radius 3 is 2.41 bits per heavy atom. The monoisotopic (exact) mass is 240 g/mol. The van der Waals surface area contributed by atoms with Crippen molar-refractivity contribution in [2.75, 3.05) is 13.1 Å². The van der Waals surface area contributed by atoms with Crippen LogP contribution in [0.1, 0.15) is 60.3 Å². The van der Waals surface area contributed by atoms with Crippen molar-refractivity contribution in [1.82, 2.24) is 10.2 Å². The highest BCUT2D eigenvalue weighted by molar-refractivity contribution is 4.90. The minimum atomic E-state index is 0.684. The largest absolute Gasteiger partial charge is 0.311 e. The van der Waals surface area contributed by atoms with Gasteiger partial charge in [-0.25, -0.2) is 0 Å². The molecule has 0 aromatic carbocycles. The summed E-state index contributed by atoms with van der Waals surface area (Å²) in [5.41, 5.74) is 0. The molecule has 3 unspecified atom stereocenters. The molecule has 1 N–H and O–H groups in total. The van der Waals surface area contributed by atoms with Crippen LogP contribution in [0.25, 0.3) is 0 Å². The topological polar surface area (TPSA) is 15.3 Å². The number of hydrogen-bond acceptors (Lipinski definition) is 2. The molecule has 0 amide bonds. The fourth-order valence-electron chi connectivity index (χ4n) is 3.06. The highest BCUT2D eigenvalue weighted by Gasteiger charge is 2.31. The van der Waals surface area contributed by atoms with Gasteiger partial charge >= 0.3 is 0 Å². The molecule has 0 aromatic heterocycles. The first-order chi connectivity index (χ1) is 8.13. The van der Waals surface area contributed by atoms with Gasteiger partial charge in [-0.2, -0.15) is 0 Å². The van der Waals surface area contributed by atoms with E-state index in [9.17, 15) is 0 Å². The molecule has 1 heterocycles. The second kappa shape index (κ2) is 7.38. The van der Waals surface area contributed by atoms with Crippen molar-refractivity contribution in [3.63, 3.8) is 0 Å². The van der Waals surface area contributed by atoms with Crippen molar-refractivity contribution in [2.45, 2.75) is 78.4 Å². The van der Waals surface area contributed by atoms with E-state index in [4.69, 9.17) is 0 Å². The first kappa shape index (κ1) is 15.0. The maximum Gasteiger partial charge on any atom is 0.0221 e. The highest BCUT2D eigenvalue weighted by Crippen LogP contribution is 2.21. The highest BCUT2D eigenvalue weighted by atomic mass is 15.3. The van der Waals surface area contributed by atoms with E-state index < -0.39 is 0 Å². The predicted molar refractivity (Wildman–Crippen MR) is 76.4 cm³/mol. The Hall–Kier alpha value is -0.0800. The lowest BCUT2D eigenvalue weighted by Crippen LogP contribution is -2.60. The van der Waals surface area contributed by atoms with Gasteiger partial charge in [-0.05, 0) is 25.2 Å². The Balaban J connectivity index is 2.67. The van der Waals surface area contributed by atoms with Gasteiger partial charge in [-0.15, -0.1) is 0 Å². The number of hydrogen-bond donors (Lipinski definition) is 1. The molecule has 17 heavy (non-hydrogen) atoms. The summed E-state index contributed by atoms with van der Waals surface area (Å²) < 4.78 is 0. The molecule has 1 saturated heterocycles. The third-order valence-corrected chi connectivity index (χ3v) is 4.33. The van der Waals surface area contributed by atoms with Crippen LogP contribution in [0.15, 0.2) is 0 Å². The Kier molecular flexibility index (Phi) is 6.50. The summed E-state index contributed by atoms with van der Waals surface area (Å²) >= 11 is 0. The molecule has 1 rings (SSSR count). The molecule has 1 aliphatic heterocycles. The molecule has 3 atom stereocenters. The summed E-state index contributed by atoms with van der Waals surface area (Å²) in [7, 11) is 0. The van der Waals surface area contributed by atoms with E-state index in [0.29, 0.717) is 6.04 Å². The third-order valence-electron chi connectivity index (χ3n) is 4.33. The maximum absolute atomic E-state index is 3.73. The summed E-state index contributed by atoms with van der Waals surface area (Å²) in [5, 5.41) is 3.73. The normalized spacial score (nSPS) is 28.6. The van der Waals surface area contributed by atoms with Crippen LogP contribution >= 0.6 is 0 Å². The van der Waals surface area contributed by atoms with E-state index in [1.165, 1.54) is 38.8 Å². The van der Waals surface area contributed by atoms with Gasteiger partial charge in [0, 0.05) is 31.2 Å². The Labute approximate surface area is 108 Å². The lowest BCUT2D eigenvalue weighted by atomic mass is 9.95. The Bertz CT molecular complexity index is 203. The van der Waals surface area contributed by atoms with Crippen LogP contribution in [-0.4, -0.2) is 36.1 Å². The molecule has 0 radical (unpaired) electrons. The number of nitrogens with one attached hydrogen (secondary N) is 1. The predicted octanol–water partition coefficient (Wildman–Crippen LogP) is 3.27. The molecule has 2 heteroatoms. The first-order valence-corrected chi connectivity index (χ1v) is 7.63. The Morgan fingerprint density at radius 1 is 1.24 bits per heavy atom. The lowest BCUT2D eigenvalue weighted by Gasteiger charge is -2.45. The van der Waals surface area contributed by atoms with E-state index in [1.54, 1.807) is 0 Å². The summed E-state index contributed by atoms with van der Waals surface area (Å²) in [6.45, 7) is 14.1. The molecule has 0 saturated carbocycles. The molecular formula is C15H32N2. The first-order valence-electron chi connectivity index (χ1n) is 7.63. The van der Waals surface area contributed by atoms with E-state index in [0.717, 1.165) is 18.0 Å². The third kappa shape index (κ3) is 3.96. The smallest absolute Gasteiger partial charge is 0.0221 e. The summed E-state index contributed by atoms with van der Waals surface area (Å²) in [5.74, 6) is 0.745. The van der Waals surface area contributed by atoms with Crippen molar-refractivity contribution in [3.05, 3.63) is 0 Å². The van der Waals surface area contributed by atoms with Gasteiger partial charge in [-0.3, -0.25) is 4.90 Å². The molecule has 1 fully saturated rings. The summed E-state index contributed by atoms with van der Waals surface area (Å²) in [6, 6.07) is 2.23. The van der Waals surface area contributed by atoms with Crippen molar-refractivity contribution in [1.29, 1.82) is 0 Å². The van der Waals surface area contributed by atoms with Crippen LogP contribution in [0.4, 0.5) is 0 Å². The van der Waals surface area contributed by atoms with E-state index in [2.05, 4.69) is 44.8 Å². The van der Waals surface area contributed by atoms with Gasteiger partial charge in [0.1, 0.15) is 0 Å². The number of rotatable bonds is 6.